The zero-order valence-electron chi connectivity index (χ0n) is 16.0. The summed E-state index contributed by atoms with van der Waals surface area (Å²) in [6.45, 7) is 5.15. The fraction of sp³-hybridized carbons (Fsp3) is 0.318. The summed E-state index contributed by atoms with van der Waals surface area (Å²) in [5.41, 5.74) is 1.99. The van der Waals surface area contributed by atoms with Gasteiger partial charge in [-0.2, -0.15) is 0 Å². The number of carbonyl (C=O) groups is 1. The van der Waals surface area contributed by atoms with E-state index in [0.717, 1.165) is 28.0 Å². The first-order valence-electron chi connectivity index (χ1n) is 9.10. The van der Waals surface area contributed by atoms with Gasteiger partial charge in [-0.25, -0.2) is 0 Å². The lowest BCUT2D eigenvalue weighted by atomic mass is 9.84. The van der Waals surface area contributed by atoms with Crippen molar-refractivity contribution >= 4 is 16.8 Å². The van der Waals surface area contributed by atoms with Crippen molar-refractivity contribution in [2.24, 2.45) is 0 Å². The van der Waals surface area contributed by atoms with E-state index in [1.165, 1.54) is 0 Å². The predicted octanol–water partition coefficient (Wildman–Crippen LogP) is 4.04. The molecule has 0 unspecified atom stereocenters. The average molecular weight is 366 g/mol. The molecule has 0 aliphatic rings. The van der Waals surface area contributed by atoms with E-state index >= 15 is 0 Å². The number of fused-ring (bicyclic) bond motifs is 1. The van der Waals surface area contributed by atoms with Crippen molar-refractivity contribution in [3.05, 3.63) is 60.3 Å². The third-order valence-corrected chi connectivity index (χ3v) is 4.69. The third-order valence-electron chi connectivity index (χ3n) is 4.69. The quantitative estimate of drug-likeness (QED) is 0.632. The summed E-state index contributed by atoms with van der Waals surface area (Å²) in [6, 6.07) is 15.5. The molecule has 2 aromatic carbocycles. The molecule has 0 saturated heterocycles. The molecule has 3 aromatic rings. The number of hydrogen-bond donors (Lipinski definition) is 2. The first-order chi connectivity index (χ1) is 13.0. The molecule has 1 amide bonds. The number of carbonyl (C=O) groups excluding carboxylic acids is 1. The fourth-order valence-electron chi connectivity index (χ4n) is 3.07. The zero-order chi connectivity index (χ0) is 19.3. The van der Waals surface area contributed by atoms with E-state index in [1.807, 2.05) is 54.7 Å². The van der Waals surface area contributed by atoms with Crippen molar-refractivity contribution in [3.8, 4) is 11.5 Å². The number of aromatic nitrogens is 1. The van der Waals surface area contributed by atoms with E-state index in [2.05, 4.69) is 24.1 Å². The van der Waals surface area contributed by atoms with E-state index in [9.17, 15) is 4.79 Å². The van der Waals surface area contributed by atoms with Gasteiger partial charge in [0.15, 0.2) is 0 Å². The van der Waals surface area contributed by atoms with Gasteiger partial charge in [0.05, 0.1) is 20.1 Å². The molecule has 0 spiro atoms. The van der Waals surface area contributed by atoms with E-state index < -0.39 is 0 Å². The minimum Gasteiger partial charge on any atom is -0.497 e. The molecule has 5 nitrogen and oxygen atoms in total. The molecular weight excluding hydrogens is 340 g/mol. The van der Waals surface area contributed by atoms with Crippen LogP contribution in [0.15, 0.2) is 54.7 Å². The van der Waals surface area contributed by atoms with Crippen LogP contribution in [0.2, 0.25) is 0 Å². The summed E-state index contributed by atoms with van der Waals surface area (Å²) in [5, 5.41) is 4.14. The van der Waals surface area contributed by atoms with Crippen LogP contribution in [0.3, 0.4) is 0 Å². The summed E-state index contributed by atoms with van der Waals surface area (Å²) in [5.74, 6) is 1.58. The van der Waals surface area contributed by atoms with Gasteiger partial charge in [0.2, 0.25) is 5.91 Å². The van der Waals surface area contributed by atoms with Crippen molar-refractivity contribution in [2.45, 2.75) is 25.7 Å². The summed E-state index contributed by atoms with van der Waals surface area (Å²) in [6.07, 6.45) is 2.33. The van der Waals surface area contributed by atoms with Crippen LogP contribution in [0.1, 0.15) is 25.8 Å². The number of ether oxygens (including phenoxy) is 2. The lowest BCUT2D eigenvalue weighted by Crippen LogP contribution is -2.37. The standard InChI is InChI=1S/C22H26N2O3/c1-22(2,19-14-23-20-10-9-17(26-3)13-18(19)20)15-24-21(25)11-12-27-16-7-5-4-6-8-16/h4-10,13-14,23H,11-12,15H2,1-3H3,(H,24,25). The molecule has 0 aliphatic carbocycles. The summed E-state index contributed by atoms with van der Waals surface area (Å²) in [7, 11) is 1.66. The number of amides is 1. The Morgan fingerprint density at radius 3 is 2.63 bits per heavy atom. The Balaban J connectivity index is 1.57. The maximum absolute atomic E-state index is 12.2. The van der Waals surface area contributed by atoms with Crippen molar-refractivity contribution in [3.63, 3.8) is 0 Å². The molecule has 1 aromatic heterocycles. The lowest BCUT2D eigenvalue weighted by molar-refractivity contribution is -0.121. The second-order valence-electron chi connectivity index (χ2n) is 7.19. The highest BCUT2D eigenvalue weighted by Gasteiger charge is 2.25. The first-order valence-corrected chi connectivity index (χ1v) is 9.10. The summed E-state index contributed by atoms with van der Waals surface area (Å²) < 4.78 is 10.9. The topological polar surface area (TPSA) is 63.3 Å². The Hall–Kier alpha value is -2.95. The van der Waals surface area contributed by atoms with Crippen molar-refractivity contribution in [1.82, 2.24) is 10.3 Å². The molecule has 1 heterocycles. The maximum atomic E-state index is 12.2. The second-order valence-corrected chi connectivity index (χ2v) is 7.19. The number of rotatable bonds is 8. The van der Waals surface area contributed by atoms with Crippen LogP contribution in [-0.2, 0) is 10.2 Å². The van der Waals surface area contributed by atoms with E-state index in [-0.39, 0.29) is 11.3 Å². The van der Waals surface area contributed by atoms with Gasteiger partial charge in [-0.05, 0) is 35.9 Å². The van der Waals surface area contributed by atoms with Crippen LogP contribution in [0, 0.1) is 0 Å². The zero-order valence-corrected chi connectivity index (χ0v) is 16.0. The predicted molar refractivity (Wildman–Crippen MR) is 107 cm³/mol. The van der Waals surface area contributed by atoms with Gasteiger partial charge in [0.1, 0.15) is 11.5 Å². The molecule has 0 fully saturated rings. The van der Waals surface area contributed by atoms with E-state index in [4.69, 9.17) is 9.47 Å². The van der Waals surface area contributed by atoms with Crippen LogP contribution in [0.4, 0.5) is 0 Å². The molecule has 2 N–H and O–H groups in total. The lowest BCUT2D eigenvalue weighted by Gasteiger charge is -2.25. The maximum Gasteiger partial charge on any atom is 0.223 e. The minimum atomic E-state index is -0.222. The Bertz CT molecular complexity index is 900. The molecule has 0 radical (unpaired) electrons. The van der Waals surface area contributed by atoms with Crippen LogP contribution in [0.25, 0.3) is 10.9 Å². The normalized spacial score (nSPS) is 11.4. The molecule has 0 bridgehead atoms. The molecule has 27 heavy (non-hydrogen) atoms. The van der Waals surface area contributed by atoms with E-state index in [1.54, 1.807) is 7.11 Å². The number of H-pyrrole nitrogens is 1. The number of hydrogen-bond acceptors (Lipinski definition) is 3. The molecule has 0 aliphatic heterocycles. The molecule has 0 atom stereocenters. The van der Waals surface area contributed by atoms with Crippen molar-refractivity contribution in [1.29, 1.82) is 0 Å². The summed E-state index contributed by atoms with van der Waals surface area (Å²) >= 11 is 0. The van der Waals surface area contributed by atoms with Crippen LogP contribution in [-0.4, -0.2) is 31.2 Å². The van der Waals surface area contributed by atoms with Crippen molar-refractivity contribution in [2.75, 3.05) is 20.3 Å². The number of benzene rings is 2. The van der Waals surface area contributed by atoms with Gasteiger partial charge >= 0.3 is 0 Å². The Morgan fingerprint density at radius 1 is 1.11 bits per heavy atom. The van der Waals surface area contributed by atoms with Crippen LogP contribution < -0.4 is 14.8 Å². The SMILES string of the molecule is COc1ccc2[nH]cc(C(C)(C)CNC(=O)CCOc3ccccc3)c2c1. The van der Waals surface area contributed by atoms with Crippen LogP contribution >= 0.6 is 0 Å². The highest BCUT2D eigenvalue weighted by molar-refractivity contribution is 5.86. The largest absolute Gasteiger partial charge is 0.497 e. The highest BCUT2D eigenvalue weighted by Crippen LogP contribution is 2.32. The Labute approximate surface area is 159 Å². The van der Waals surface area contributed by atoms with Gasteiger partial charge in [-0.15, -0.1) is 0 Å². The highest BCUT2D eigenvalue weighted by atomic mass is 16.5. The Kier molecular flexibility index (Phi) is 5.69. The monoisotopic (exact) mass is 366 g/mol. The molecule has 142 valence electrons. The van der Waals surface area contributed by atoms with E-state index in [0.29, 0.717) is 19.6 Å². The number of nitrogens with one attached hydrogen (secondary N) is 2. The number of aromatic amines is 1. The van der Waals surface area contributed by atoms with Gasteiger partial charge < -0.3 is 19.8 Å². The Morgan fingerprint density at radius 2 is 1.89 bits per heavy atom. The molecule has 3 rings (SSSR count). The summed E-state index contributed by atoms with van der Waals surface area (Å²) in [4.78, 5) is 15.5. The molecule has 5 heteroatoms. The van der Waals surface area contributed by atoms with Gasteiger partial charge in [0.25, 0.3) is 0 Å². The molecular formula is C22H26N2O3. The smallest absolute Gasteiger partial charge is 0.223 e. The molecule has 0 saturated carbocycles. The van der Waals surface area contributed by atoms with Crippen LogP contribution in [0.5, 0.6) is 11.5 Å². The minimum absolute atomic E-state index is 0.0172. The van der Waals surface area contributed by atoms with Crippen molar-refractivity contribution < 1.29 is 14.3 Å². The van der Waals surface area contributed by atoms with Gasteiger partial charge in [-0.1, -0.05) is 32.0 Å². The number of para-hydroxylation sites is 1. The first kappa shape index (κ1) is 18.8. The van der Waals surface area contributed by atoms with Gasteiger partial charge in [-0.3, -0.25) is 4.79 Å². The fourth-order valence-corrected chi connectivity index (χ4v) is 3.07. The average Bonchev–Trinajstić information content (AvgIpc) is 3.11. The third kappa shape index (κ3) is 4.61. The number of methoxy groups -OCH3 is 1. The van der Waals surface area contributed by atoms with Gasteiger partial charge in [0, 0.05) is 29.1 Å². The second kappa shape index (κ2) is 8.16.